The minimum absolute atomic E-state index is 0.0407. The van der Waals surface area contributed by atoms with Crippen LogP contribution in [-0.4, -0.2) is 46.9 Å². The highest BCUT2D eigenvalue weighted by molar-refractivity contribution is 5.76. The number of rotatable bonds is 3. The van der Waals surface area contributed by atoms with E-state index in [-0.39, 0.29) is 34.6 Å². The van der Waals surface area contributed by atoms with Crippen LogP contribution in [0.3, 0.4) is 0 Å². The molecule has 1 spiro atoms. The van der Waals surface area contributed by atoms with Crippen LogP contribution in [0, 0.1) is 39.9 Å². The fourth-order valence-corrected chi connectivity index (χ4v) is 8.82. The molecule has 0 aromatic carbocycles. The first kappa shape index (κ1) is 21.7. The first-order valence-corrected chi connectivity index (χ1v) is 12.0. The van der Waals surface area contributed by atoms with E-state index in [9.17, 15) is 19.8 Å². The lowest BCUT2D eigenvalue weighted by Gasteiger charge is -2.68. The van der Waals surface area contributed by atoms with Crippen molar-refractivity contribution in [1.82, 2.24) is 0 Å². The number of hydrogen-bond acceptors (Lipinski definition) is 7. The lowest BCUT2D eigenvalue weighted by molar-refractivity contribution is -0.308. The standard InChI is InChI=1S/C24H36O7/c1-5-7-14(25)29-16-17-22(2,3)10-6-11-23(17,4)13-9-8-12-15-20(30-19(12)27)31-21(28)24(13,15)18(16)26/h12-13,15-18,20-21,26,28H,5-11H2,1-4H3/t12?,13?,15?,16-,17+,18?,20+,21+,23-,24?/m1/s1. The second-order valence-electron chi connectivity index (χ2n) is 11.5. The lowest BCUT2D eigenvalue weighted by atomic mass is 9.37. The zero-order valence-electron chi connectivity index (χ0n) is 19.0. The number of aliphatic hydroxyl groups is 2. The van der Waals surface area contributed by atoms with Gasteiger partial charge in [-0.05, 0) is 48.9 Å². The van der Waals surface area contributed by atoms with Crippen molar-refractivity contribution in [1.29, 1.82) is 0 Å². The molecule has 10 atom stereocenters. The Labute approximate surface area is 183 Å². The van der Waals surface area contributed by atoms with Crippen molar-refractivity contribution in [3.63, 3.8) is 0 Å². The summed E-state index contributed by atoms with van der Waals surface area (Å²) in [5.41, 5.74) is -1.46. The zero-order valence-corrected chi connectivity index (χ0v) is 19.0. The number of carbonyl (C=O) groups is 2. The summed E-state index contributed by atoms with van der Waals surface area (Å²) in [6, 6.07) is 0. The van der Waals surface area contributed by atoms with Gasteiger partial charge in [0.2, 0.25) is 6.29 Å². The van der Waals surface area contributed by atoms with E-state index in [1.807, 2.05) is 6.92 Å². The van der Waals surface area contributed by atoms with Crippen LogP contribution >= 0.6 is 0 Å². The number of esters is 2. The Kier molecular flexibility index (Phi) is 4.83. The Morgan fingerprint density at radius 3 is 2.65 bits per heavy atom. The molecular weight excluding hydrogens is 400 g/mol. The van der Waals surface area contributed by atoms with Crippen LogP contribution in [0.15, 0.2) is 0 Å². The first-order chi connectivity index (χ1) is 14.6. The van der Waals surface area contributed by atoms with Crippen LogP contribution < -0.4 is 0 Å². The molecular formula is C24H36O7. The number of carbonyl (C=O) groups excluding carboxylic acids is 2. The Hall–Kier alpha value is -1.18. The molecule has 5 unspecified atom stereocenters. The Balaban J connectivity index is 1.66. The molecule has 2 saturated heterocycles. The van der Waals surface area contributed by atoms with Crippen molar-refractivity contribution >= 4 is 11.9 Å². The quantitative estimate of drug-likeness (QED) is 0.656. The third kappa shape index (κ3) is 2.63. The Bertz CT molecular complexity index is 780. The molecule has 2 N–H and O–H groups in total. The van der Waals surface area contributed by atoms with Crippen LogP contribution in [0.25, 0.3) is 0 Å². The molecule has 0 bridgehead atoms. The SMILES string of the molecule is CCCC(=O)O[C@H]1C(O)C23C4C(CCC2[C@@]2(C)CCCC(C)(C)[C@H]12)C(=O)O[C@H]4O[C@@H]3O. The summed E-state index contributed by atoms with van der Waals surface area (Å²) >= 11 is 0. The monoisotopic (exact) mass is 436 g/mol. The Morgan fingerprint density at radius 1 is 1.19 bits per heavy atom. The summed E-state index contributed by atoms with van der Waals surface area (Å²) in [5.74, 6) is -1.52. The van der Waals surface area contributed by atoms with Crippen molar-refractivity contribution in [2.24, 2.45) is 39.9 Å². The van der Waals surface area contributed by atoms with E-state index >= 15 is 0 Å². The van der Waals surface area contributed by atoms with E-state index in [4.69, 9.17) is 14.2 Å². The van der Waals surface area contributed by atoms with Crippen LogP contribution in [0.4, 0.5) is 0 Å². The van der Waals surface area contributed by atoms with Crippen LogP contribution in [0.5, 0.6) is 0 Å². The maximum Gasteiger partial charge on any atom is 0.311 e. The van der Waals surface area contributed by atoms with Crippen LogP contribution in [0.2, 0.25) is 0 Å². The molecule has 3 aliphatic carbocycles. The van der Waals surface area contributed by atoms with Gasteiger partial charge >= 0.3 is 11.9 Å². The topological polar surface area (TPSA) is 102 Å². The molecule has 7 heteroatoms. The molecule has 0 radical (unpaired) electrons. The zero-order chi connectivity index (χ0) is 22.3. The molecule has 0 amide bonds. The van der Waals surface area contributed by atoms with Gasteiger partial charge in [-0.2, -0.15) is 0 Å². The molecule has 5 fully saturated rings. The highest BCUT2D eigenvalue weighted by Gasteiger charge is 2.79. The summed E-state index contributed by atoms with van der Waals surface area (Å²) < 4.78 is 17.3. The van der Waals surface area contributed by atoms with Gasteiger partial charge in [0.1, 0.15) is 12.2 Å². The highest BCUT2D eigenvalue weighted by atomic mass is 16.8. The second-order valence-corrected chi connectivity index (χ2v) is 11.5. The lowest BCUT2D eigenvalue weighted by Crippen LogP contribution is -2.73. The van der Waals surface area contributed by atoms with Crippen LogP contribution in [-0.2, 0) is 23.8 Å². The molecule has 0 aromatic rings. The number of hydrogen-bond donors (Lipinski definition) is 2. The number of ether oxygens (including phenoxy) is 3. The normalized spacial score (nSPS) is 52.0. The van der Waals surface area contributed by atoms with E-state index < -0.39 is 42.0 Å². The average molecular weight is 437 g/mol. The third-order valence-corrected chi connectivity index (χ3v) is 9.66. The van der Waals surface area contributed by atoms with Crippen LogP contribution in [0.1, 0.15) is 72.6 Å². The maximum absolute atomic E-state index is 12.7. The van der Waals surface area contributed by atoms with Gasteiger partial charge in [0, 0.05) is 18.3 Å². The maximum atomic E-state index is 12.7. The second kappa shape index (κ2) is 6.91. The van der Waals surface area contributed by atoms with Gasteiger partial charge in [-0.15, -0.1) is 0 Å². The molecule has 0 aromatic heterocycles. The molecule has 5 rings (SSSR count). The predicted octanol–water partition coefficient (Wildman–Crippen LogP) is 2.77. The third-order valence-electron chi connectivity index (χ3n) is 9.66. The minimum Gasteiger partial charge on any atom is -0.459 e. The fraction of sp³-hybridized carbons (Fsp3) is 0.917. The van der Waals surface area contributed by atoms with Crippen molar-refractivity contribution in [3.8, 4) is 0 Å². The summed E-state index contributed by atoms with van der Waals surface area (Å²) in [4.78, 5) is 25.2. The minimum atomic E-state index is -1.26. The van der Waals surface area contributed by atoms with Crippen molar-refractivity contribution in [2.45, 2.75) is 97.4 Å². The summed E-state index contributed by atoms with van der Waals surface area (Å²) in [6.45, 7) is 8.58. The summed E-state index contributed by atoms with van der Waals surface area (Å²) in [7, 11) is 0. The molecule has 174 valence electrons. The van der Waals surface area contributed by atoms with E-state index in [1.165, 1.54) is 0 Å². The van der Waals surface area contributed by atoms with Gasteiger partial charge < -0.3 is 24.4 Å². The van der Waals surface area contributed by atoms with Gasteiger partial charge in [0.05, 0.1) is 11.3 Å². The molecule has 7 nitrogen and oxygen atoms in total. The van der Waals surface area contributed by atoms with Gasteiger partial charge in [0.25, 0.3) is 0 Å². The van der Waals surface area contributed by atoms with Crippen molar-refractivity contribution < 1.29 is 34.0 Å². The average Bonchev–Trinajstić information content (AvgIpc) is 3.15. The van der Waals surface area contributed by atoms with E-state index in [0.29, 0.717) is 19.3 Å². The van der Waals surface area contributed by atoms with Gasteiger partial charge in [0.15, 0.2) is 6.29 Å². The fourth-order valence-electron chi connectivity index (χ4n) is 8.82. The van der Waals surface area contributed by atoms with Gasteiger partial charge in [-0.1, -0.05) is 34.1 Å². The number of aliphatic hydroxyl groups excluding tert-OH is 2. The van der Waals surface area contributed by atoms with Gasteiger partial charge in [-0.3, -0.25) is 9.59 Å². The first-order valence-electron chi connectivity index (χ1n) is 12.0. The largest absolute Gasteiger partial charge is 0.459 e. The van der Waals surface area contributed by atoms with E-state index in [0.717, 1.165) is 25.7 Å². The van der Waals surface area contributed by atoms with Crippen molar-refractivity contribution in [3.05, 3.63) is 0 Å². The molecule has 2 heterocycles. The van der Waals surface area contributed by atoms with E-state index in [2.05, 4.69) is 20.8 Å². The van der Waals surface area contributed by atoms with Gasteiger partial charge in [-0.25, -0.2) is 0 Å². The van der Waals surface area contributed by atoms with Crippen molar-refractivity contribution in [2.75, 3.05) is 0 Å². The molecule has 31 heavy (non-hydrogen) atoms. The molecule has 2 aliphatic heterocycles. The summed E-state index contributed by atoms with van der Waals surface area (Å²) in [6.07, 6.45) is 1.38. The summed E-state index contributed by atoms with van der Waals surface area (Å²) in [5, 5.41) is 23.2. The van der Waals surface area contributed by atoms with E-state index in [1.54, 1.807) is 0 Å². The Morgan fingerprint density at radius 2 is 1.94 bits per heavy atom. The smallest absolute Gasteiger partial charge is 0.311 e. The predicted molar refractivity (Wildman–Crippen MR) is 109 cm³/mol. The molecule has 5 aliphatic rings. The number of fused-ring (bicyclic) bond motifs is 2. The highest BCUT2D eigenvalue weighted by Crippen LogP contribution is 2.73. The molecule has 3 saturated carbocycles.